The number of anilines is 1. The van der Waals surface area contributed by atoms with Gasteiger partial charge in [-0.15, -0.1) is 0 Å². The third-order valence-corrected chi connectivity index (χ3v) is 5.84. The minimum atomic E-state index is 0.334. The van der Waals surface area contributed by atoms with Crippen molar-refractivity contribution in [2.24, 2.45) is 5.41 Å². The van der Waals surface area contributed by atoms with Crippen LogP contribution in [0.25, 0.3) is 0 Å². The van der Waals surface area contributed by atoms with E-state index >= 15 is 0 Å². The van der Waals surface area contributed by atoms with Gasteiger partial charge in [-0.3, -0.25) is 0 Å². The van der Waals surface area contributed by atoms with Crippen LogP contribution in [-0.2, 0) is 11.2 Å². The van der Waals surface area contributed by atoms with Gasteiger partial charge >= 0.3 is 0 Å². The maximum atomic E-state index is 5.50. The number of hydrogen-bond acceptors (Lipinski definition) is 5. The van der Waals surface area contributed by atoms with Crippen LogP contribution >= 0.6 is 11.3 Å². The highest BCUT2D eigenvalue weighted by molar-refractivity contribution is 7.15. The van der Waals surface area contributed by atoms with Crippen molar-refractivity contribution < 1.29 is 4.74 Å². The molecule has 20 heavy (non-hydrogen) atoms. The van der Waals surface area contributed by atoms with Gasteiger partial charge in [-0.1, -0.05) is 25.2 Å². The average molecular weight is 295 g/mol. The van der Waals surface area contributed by atoms with E-state index in [0.29, 0.717) is 17.5 Å². The van der Waals surface area contributed by atoms with Crippen molar-refractivity contribution in [3.8, 4) is 0 Å². The Labute approximate surface area is 125 Å². The van der Waals surface area contributed by atoms with E-state index < -0.39 is 0 Å². The molecular formula is C15H25N3OS. The molecule has 2 unspecified atom stereocenters. The molecule has 1 saturated heterocycles. The molecule has 1 fully saturated rings. The van der Waals surface area contributed by atoms with Gasteiger partial charge in [-0.05, 0) is 31.7 Å². The lowest BCUT2D eigenvalue weighted by molar-refractivity contribution is 0.193. The van der Waals surface area contributed by atoms with E-state index in [4.69, 9.17) is 9.72 Å². The van der Waals surface area contributed by atoms with Crippen LogP contribution < -0.4 is 10.2 Å². The highest BCUT2D eigenvalue weighted by Crippen LogP contribution is 2.44. The van der Waals surface area contributed by atoms with Gasteiger partial charge in [0.2, 0.25) is 0 Å². The number of thiazole rings is 1. The first kappa shape index (κ1) is 14.3. The van der Waals surface area contributed by atoms with Gasteiger partial charge in [-0.2, -0.15) is 0 Å². The summed E-state index contributed by atoms with van der Waals surface area (Å²) in [4.78, 5) is 8.69. The molecule has 2 heterocycles. The van der Waals surface area contributed by atoms with Crippen molar-refractivity contribution in [3.05, 3.63) is 10.6 Å². The summed E-state index contributed by atoms with van der Waals surface area (Å²) in [6, 6.07) is 0.942. The minimum absolute atomic E-state index is 0.334. The van der Waals surface area contributed by atoms with E-state index in [0.717, 1.165) is 31.2 Å². The van der Waals surface area contributed by atoms with Crippen LogP contribution in [-0.4, -0.2) is 38.3 Å². The number of hydrogen-bond donors (Lipinski definition) is 1. The fourth-order valence-electron chi connectivity index (χ4n) is 3.29. The molecule has 4 nitrogen and oxygen atoms in total. The fraction of sp³-hybridized carbons (Fsp3) is 0.800. The van der Waals surface area contributed by atoms with Gasteiger partial charge in [0.25, 0.3) is 0 Å². The zero-order valence-corrected chi connectivity index (χ0v) is 13.7. The Balaban J connectivity index is 1.87. The molecule has 3 rings (SSSR count). The monoisotopic (exact) mass is 295 g/mol. The Kier molecular flexibility index (Phi) is 3.77. The molecular weight excluding hydrogens is 270 g/mol. The van der Waals surface area contributed by atoms with Gasteiger partial charge in [0, 0.05) is 24.6 Å². The topological polar surface area (TPSA) is 37.4 Å². The highest BCUT2D eigenvalue weighted by atomic mass is 32.1. The lowest BCUT2D eigenvalue weighted by atomic mass is 9.76. The normalized spacial score (nSPS) is 28.4. The summed E-state index contributed by atoms with van der Waals surface area (Å²) in [6.07, 6.45) is 3.39. The molecule has 0 aromatic carbocycles. The number of fused-ring (bicyclic) bond motifs is 1. The molecule has 1 aliphatic heterocycles. The zero-order valence-electron chi connectivity index (χ0n) is 12.9. The number of nitrogens with one attached hydrogen (secondary N) is 1. The summed E-state index contributed by atoms with van der Waals surface area (Å²) in [6.45, 7) is 6.40. The Morgan fingerprint density at radius 2 is 2.25 bits per heavy atom. The predicted octanol–water partition coefficient (Wildman–Crippen LogP) is 2.60. The van der Waals surface area contributed by atoms with Crippen molar-refractivity contribution in [3.63, 3.8) is 0 Å². The number of nitrogens with zero attached hydrogens (tertiary/aromatic N) is 2. The first-order valence-corrected chi connectivity index (χ1v) is 8.29. The number of aromatic nitrogens is 1. The van der Waals surface area contributed by atoms with E-state index in [-0.39, 0.29) is 0 Å². The van der Waals surface area contributed by atoms with Crippen LogP contribution in [0.5, 0.6) is 0 Å². The predicted molar refractivity (Wildman–Crippen MR) is 83.6 cm³/mol. The molecule has 1 aromatic heterocycles. The molecule has 0 spiro atoms. The average Bonchev–Trinajstić information content (AvgIpc) is 3.04. The minimum Gasteiger partial charge on any atom is -0.379 e. The Morgan fingerprint density at radius 3 is 2.90 bits per heavy atom. The maximum Gasteiger partial charge on any atom is 0.185 e. The van der Waals surface area contributed by atoms with E-state index in [1.807, 2.05) is 11.3 Å². The second-order valence-corrected chi connectivity index (χ2v) is 7.83. The quantitative estimate of drug-likeness (QED) is 0.930. The first-order valence-electron chi connectivity index (χ1n) is 7.47. The van der Waals surface area contributed by atoms with Gasteiger partial charge in [0.1, 0.15) is 0 Å². The standard InChI is InChI=1S/C15H25N3OS/c1-15(2)7-11(16-3)13-12(8-15)17-14(20-13)18(4)10-5-6-19-9-10/h10-11,16H,5-9H2,1-4H3. The Morgan fingerprint density at radius 1 is 1.45 bits per heavy atom. The summed E-state index contributed by atoms with van der Waals surface area (Å²) < 4.78 is 5.50. The molecule has 1 aliphatic carbocycles. The number of likely N-dealkylation sites (N-methyl/N-ethyl adjacent to an activating group) is 1. The van der Waals surface area contributed by atoms with Gasteiger partial charge < -0.3 is 15.0 Å². The summed E-state index contributed by atoms with van der Waals surface area (Å²) >= 11 is 1.86. The van der Waals surface area contributed by atoms with Crippen LogP contribution in [0.4, 0.5) is 5.13 Å². The lowest BCUT2D eigenvalue weighted by Gasteiger charge is -2.34. The van der Waals surface area contributed by atoms with E-state index in [1.54, 1.807) is 0 Å². The molecule has 1 aromatic rings. The van der Waals surface area contributed by atoms with Crippen molar-refractivity contribution in [2.75, 3.05) is 32.2 Å². The van der Waals surface area contributed by atoms with Crippen LogP contribution in [0.3, 0.4) is 0 Å². The largest absolute Gasteiger partial charge is 0.379 e. The van der Waals surface area contributed by atoms with Gasteiger partial charge in [0.15, 0.2) is 5.13 Å². The molecule has 0 radical (unpaired) electrons. The van der Waals surface area contributed by atoms with E-state index in [1.165, 1.54) is 17.0 Å². The van der Waals surface area contributed by atoms with E-state index in [2.05, 4.69) is 38.2 Å². The van der Waals surface area contributed by atoms with Gasteiger partial charge in [-0.25, -0.2) is 4.98 Å². The molecule has 112 valence electrons. The van der Waals surface area contributed by atoms with Crippen LogP contribution in [0.15, 0.2) is 0 Å². The molecule has 2 atom stereocenters. The second kappa shape index (κ2) is 5.28. The first-order chi connectivity index (χ1) is 9.50. The molecule has 0 amide bonds. The number of ether oxygens (including phenoxy) is 1. The van der Waals surface area contributed by atoms with Crippen LogP contribution in [0, 0.1) is 5.41 Å². The zero-order chi connectivity index (χ0) is 14.3. The van der Waals surface area contributed by atoms with Crippen LogP contribution in [0.2, 0.25) is 0 Å². The smallest absolute Gasteiger partial charge is 0.185 e. The third-order valence-electron chi connectivity index (χ3n) is 4.54. The van der Waals surface area contributed by atoms with Crippen molar-refractivity contribution in [2.45, 2.75) is 45.2 Å². The third kappa shape index (κ3) is 2.59. The molecule has 0 saturated carbocycles. The maximum absolute atomic E-state index is 5.50. The van der Waals surface area contributed by atoms with Crippen molar-refractivity contribution in [1.82, 2.24) is 10.3 Å². The fourth-order valence-corrected chi connectivity index (χ4v) is 4.51. The van der Waals surface area contributed by atoms with Crippen molar-refractivity contribution >= 4 is 16.5 Å². The molecule has 0 bridgehead atoms. The van der Waals surface area contributed by atoms with Crippen molar-refractivity contribution in [1.29, 1.82) is 0 Å². The van der Waals surface area contributed by atoms with Gasteiger partial charge in [0.05, 0.1) is 18.3 Å². The summed E-state index contributed by atoms with van der Waals surface area (Å²) in [5, 5.41) is 4.62. The molecule has 1 N–H and O–H groups in total. The Hall–Kier alpha value is -0.650. The summed E-state index contributed by atoms with van der Waals surface area (Å²) in [5.41, 5.74) is 1.63. The second-order valence-electron chi connectivity index (χ2n) is 6.82. The highest BCUT2D eigenvalue weighted by Gasteiger charge is 2.35. The lowest BCUT2D eigenvalue weighted by Crippen LogP contribution is -2.31. The Bertz CT molecular complexity index is 479. The van der Waals surface area contributed by atoms with Crippen LogP contribution in [0.1, 0.15) is 43.3 Å². The molecule has 2 aliphatic rings. The molecule has 5 heteroatoms. The summed E-state index contributed by atoms with van der Waals surface area (Å²) in [7, 11) is 4.22. The van der Waals surface area contributed by atoms with E-state index in [9.17, 15) is 0 Å². The summed E-state index contributed by atoms with van der Waals surface area (Å²) in [5.74, 6) is 0. The number of rotatable bonds is 3. The SMILES string of the molecule is CNC1CC(C)(C)Cc2nc(N(C)C3CCOC3)sc21.